The summed E-state index contributed by atoms with van der Waals surface area (Å²) >= 11 is 0. The first-order chi connectivity index (χ1) is 11.2. The molecule has 0 radical (unpaired) electrons. The molecule has 1 fully saturated rings. The first kappa shape index (κ1) is 15.6. The molecule has 7 heteroatoms. The second-order valence-electron chi connectivity index (χ2n) is 5.43. The van der Waals surface area contributed by atoms with Crippen LogP contribution < -0.4 is 5.32 Å². The molecule has 1 N–H and O–H groups in total. The number of aromatic nitrogens is 2. The van der Waals surface area contributed by atoms with Gasteiger partial charge < -0.3 is 14.6 Å². The third kappa shape index (κ3) is 4.13. The number of halogens is 1. The Labute approximate surface area is 133 Å². The second kappa shape index (κ2) is 7.32. The SMILES string of the molecule is O=C(CCc1nc(-c2ccccc2F)no1)NC[C@@H]1CCCO1. The van der Waals surface area contributed by atoms with Gasteiger partial charge in [0.05, 0.1) is 11.7 Å². The molecule has 0 spiro atoms. The van der Waals surface area contributed by atoms with E-state index in [0.29, 0.717) is 18.9 Å². The summed E-state index contributed by atoms with van der Waals surface area (Å²) in [7, 11) is 0. The van der Waals surface area contributed by atoms with Gasteiger partial charge in [-0.1, -0.05) is 17.3 Å². The Kier molecular flexibility index (Phi) is 4.97. The van der Waals surface area contributed by atoms with Crippen LogP contribution in [0.25, 0.3) is 11.4 Å². The van der Waals surface area contributed by atoms with Gasteiger partial charge in [-0.3, -0.25) is 4.79 Å². The Morgan fingerprint density at radius 2 is 2.26 bits per heavy atom. The zero-order valence-corrected chi connectivity index (χ0v) is 12.6. The van der Waals surface area contributed by atoms with Crippen molar-refractivity contribution in [1.82, 2.24) is 15.5 Å². The van der Waals surface area contributed by atoms with Crippen LogP contribution in [0.15, 0.2) is 28.8 Å². The first-order valence-electron chi connectivity index (χ1n) is 7.68. The van der Waals surface area contributed by atoms with E-state index < -0.39 is 5.82 Å². The standard InChI is InChI=1S/C16H18FN3O3/c17-13-6-2-1-5-12(13)16-19-15(23-20-16)8-7-14(21)18-10-11-4-3-9-22-11/h1-2,5-6,11H,3-4,7-10H2,(H,18,21)/t11-/m0/s1. The lowest BCUT2D eigenvalue weighted by molar-refractivity contribution is -0.121. The lowest BCUT2D eigenvalue weighted by Crippen LogP contribution is -2.31. The fraction of sp³-hybridized carbons (Fsp3) is 0.438. The minimum atomic E-state index is -0.408. The van der Waals surface area contributed by atoms with Crippen molar-refractivity contribution >= 4 is 5.91 Å². The van der Waals surface area contributed by atoms with Crippen LogP contribution in [-0.4, -0.2) is 35.3 Å². The predicted molar refractivity (Wildman–Crippen MR) is 80.0 cm³/mol. The molecule has 122 valence electrons. The van der Waals surface area contributed by atoms with Gasteiger partial charge in [-0.2, -0.15) is 4.98 Å². The van der Waals surface area contributed by atoms with Gasteiger partial charge in [0.25, 0.3) is 0 Å². The van der Waals surface area contributed by atoms with Crippen LogP contribution in [0.5, 0.6) is 0 Å². The molecule has 1 aliphatic heterocycles. The number of rotatable bonds is 6. The number of hydrogen-bond acceptors (Lipinski definition) is 5. The smallest absolute Gasteiger partial charge is 0.227 e. The molecule has 23 heavy (non-hydrogen) atoms. The molecule has 6 nitrogen and oxygen atoms in total. The average molecular weight is 319 g/mol. The van der Waals surface area contributed by atoms with E-state index in [0.717, 1.165) is 19.4 Å². The number of ether oxygens (including phenoxy) is 1. The Morgan fingerprint density at radius 1 is 1.39 bits per heavy atom. The van der Waals surface area contributed by atoms with Crippen LogP contribution in [-0.2, 0) is 16.0 Å². The molecule has 1 amide bonds. The van der Waals surface area contributed by atoms with Crippen molar-refractivity contribution in [3.05, 3.63) is 36.0 Å². The number of nitrogens with one attached hydrogen (secondary N) is 1. The van der Waals surface area contributed by atoms with E-state index in [1.165, 1.54) is 6.07 Å². The quantitative estimate of drug-likeness (QED) is 0.882. The van der Waals surface area contributed by atoms with Crippen molar-refractivity contribution in [3.63, 3.8) is 0 Å². The highest BCUT2D eigenvalue weighted by atomic mass is 19.1. The van der Waals surface area contributed by atoms with E-state index in [9.17, 15) is 9.18 Å². The maximum atomic E-state index is 13.6. The molecule has 1 atom stereocenters. The number of hydrogen-bond donors (Lipinski definition) is 1. The Bertz CT molecular complexity index is 668. The summed E-state index contributed by atoms with van der Waals surface area (Å²) in [5.74, 6) is 0.00804. The first-order valence-corrected chi connectivity index (χ1v) is 7.68. The zero-order valence-electron chi connectivity index (χ0n) is 12.6. The van der Waals surface area contributed by atoms with E-state index in [-0.39, 0.29) is 29.8 Å². The fourth-order valence-electron chi connectivity index (χ4n) is 2.45. The van der Waals surface area contributed by atoms with Crippen molar-refractivity contribution in [2.75, 3.05) is 13.2 Å². The van der Waals surface area contributed by atoms with Crippen LogP contribution in [0.2, 0.25) is 0 Å². The zero-order chi connectivity index (χ0) is 16.1. The number of benzene rings is 1. The summed E-state index contributed by atoms with van der Waals surface area (Å²) < 4.78 is 24.2. The van der Waals surface area contributed by atoms with Crippen LogP contribution in [0.3, 0.4) is 0 Å². The maximum Gasteiger partial charge on any atom is 0.227 e. The topological polar surface area (TPSA) is 77.2 Å². The van der Waals surface area contributed by atoms with Gasteiger partial charge in [-0.15, -0.1) is 0 Å². The highest BCUT2D eigenvalue weighted by Gasteiger charge is 2.17. The van der Waals surface area contributed by atoms with Crippen molar-refractivity contribution < 1.29 is 18.4 Å². The summed E-state index contributed by atoms with van der Waals surface area (Å²) in [5.41, 5.74) is 0.283. The number of nitrogens with zero attached hydrogens (tertiary/aromatic N) is 2. The minimum Gasteiger partial charge on any atom is -0.376 e. The summed E-state index contributed by atoms with van der Waals surface area (Å²) in [6.45, 7) is 1.30. The van der Waals surface area contributed by atoms with Crippen molar-refractivity contribution in [1.29, 1.82) is 0 Å². The highest BCUT2D eigenvalue weighted by Crippen LogP contribution is 2.19. The summed E-state index contributed by atoms with van der Waals surface area (Å²) in [6.07, 6.45) is 2.71. The molecular formula is C16H18FN3O3. The third-order valence-electron chi connectivity index (χ3n) is 3.70. The lowest BCUT2D eigenvalue weighted by Gasteiger charge is -2.09. The summed E-state index contributed by atoms with van der Waals surface area (Å²) in [5, 5.41) is 6.59. The fourth-order valence-corrected chi connectivity index (χ4v) is 2.45. The van der Waals surface area contributed by atoms with Crippen molar-refractivity contribution in [2.24, 2.45) is 0 Å². The van der Waals surface area contributed by atoms with E-state index in [2.05, 4.69) is 15.5 Å². The Hall–Kier alpha value is -2.28. The minimum absolute atomic E-state index is 0.0915. The molecule has 0 unspecified atom stereocenters. The van der Waals surface area contributed by atoms with Gasteiger partial charge in [0.2, 0.25) is 17.6 Å². The van der Waals surface area contributed by atoms with Gasteiger partial charge in [0.1, 0.15) is 5.82 Å². The van der Waals surface area contributed by atoms with E-state index in [1.54, 1.807) is 18.2 Å². The van der Waals surface area contributed by atoms with Crippen LogP contribution in [0.1, 0.15) is 25.2 Å². The van der Waals surface area contributed by atoms with Crippen LogP contribution in [0, 0.1) is 5.82 Å². The molecule has 1 aliphatic rings. The molecule has 1 aromatic heterocycles. The van der Waals surface area contributed by atoms with Crippen molar-refractivity contribution in [3.8, 4) is 11.4 Å². The molecule has 3 rings (SSSR count). The van der Waals surface area contributed by atoms with Gasteiger partial charge >= 0.3 is 0 Å². The molecule has 1 saturated heterocycles. The number of aryl methyl sites for hydroxylation is 1. The number of carbonyl (C=O) groups excluding carboxylic acids is 1. The van der Waals surface area contributed by atoms with Crippen molar-refractivity contribution in [2.45, 2.75) is 31.8 Å². The second-order valence-corrected chi connectivity index (χ2v) is 5.43. The molecule has 0 bridgehead atoms. The number of amides is 1. The largest absolute Gasteiger partial charge is 0.376 e. The van der Waals surface area contributed by atoms with Gasteiger partial charge in [-0.25, -0.2) is 4.39 Å². The van der Waals surface area contributed by atoms with Gasteiger partial charge in [-0.05, 0) is 25.0 Å². The molecule has 2 heterocycles. The van der Waals surface area contributed by atoms with E-state index >= 15 is 0 Å². The third-order valence-corrected chi connectivity index (χ3v) is 3.70. The van der Waals surface area contributed by atoms with Gasteiger partial charge in [0.15, 0.2) is 0 Å². The monoisotopic (exact) mass is 319 g/mol. The maximum absolute atomic E-state index is 13.6. The van der Waals surface area contributed by atoms with Crippen LogP contribution >= 0.6 is 0 Å². The molecule has 0 aliphatic carbocycles. The van der Waals surface area contributed by atoms with E-state index in [1.807, 2.05) is 0 Å². The normalized spacial score (nSPS) is 17.3. The van der Waals surface area contributed by atoms with E-state index in [4.69, 9.17) is 9.26 Å². The highest BCUT2D eigenvalue weighted by molar-refractivity contribution is 5.76. The predicted octanol–water partition coefficient (Wildman–Crippen LogP) is 2.10. The van der Waals surface area contributed by atoms with Gasteiger partial charge in [0, 0.05) is 26.0 Å². The summed E-state index contributed by atoms with van der Waals surface area (Å²) in [4.78, 5) is 15.9. The lowest BCUT2D eigenvalue weighted by atomic mass is 10.2. The molecule has 0 saturated carbocycles. The molecule has 2 aromatic rings. The Morgan fingerprint density at radius 3 is 3.04 bits per heavy atom. The molecule has 1 aromatic carbocycles. The Balaban J connectivity index is 1.49. The summed E-state index contributed by atoms with van der Waals surface area (Å²) in [6, 6.07) is 6.22. The van der Waals surface area contributed by atoms with Crippen LogP contribution in [0.4, 0.5) is 4.39 Å². The number of carbonyl (C=O) groups is 1. The average Bonchev–Trinajstić information content (AvgIpc) is 3.23. The molecular weight excluding hydrogens is 301 g/mol.